The van der Waals surface area contributed by atoms with Crippen molar-refractivity contribution in [2.75, 3.05) is 6.61 Å². The lowest BCUT2D eigenvalue weighted by molar-refractivity contribution is -0.139. The van der Waals surface area contributed by atoms with Gasteiger partial charge in [0.2, 0.25) is 5.91 Å². The second kappa shape index (κ2) is 8.88. The van der Waals surface area contributed by atoms with Gasteiger partial charge in [-0.3, -0.25) is 4.79 Å². The van der Waals surface area contributed by atoms with Crippen LogP contribution in [0.5, 0.6) is 5.75 Å². The van der Waals surface area contributed by atoms with Crippen LogP contribution in [0.15, 0.2) is 24.3 Å². The highest BCUT2D eigenvalue weighted by Crippen LogP contribution is 2.41. The molecular formula is C20H23NO6S. The molecule has 0 saturated carbocycles. The predicted octanol–water partition coefficient (Wildman–Crippen LogP) is 3.64. The van der Waals surface area contributed by atoms with Gasteiger partial charge in [-0.1, -0.05) is 18.2 Å². The molecule has 28 heavy (non-hydrogen) atoms. The molecule has 0 bridgehead atoms. The first-order chi connectivity index (χ1) is 13.1. The van der Waals surface area contributed by atoms with Gasteiger partial charge in [-0.05, 0) is 38.0 Å². The highest BCUT2D eigenvalue weighted by Gasteiger charge is 2.23. The van der Waals surface area contributed by atoms with E-state index < -0.39 is 18.5 Å². The fourth-order valence-corrected chi connectivity index (χ4v) is 3.97. The zero-order chi connectivity index (χ0) is 21.0. The molecule has 1 heterocycles. The van der Waals surface area contributed by atoms with Crippen molar-refractivity contribution in [2.24, 2.45) is 0 Å². The maximum atomic E-state index is 11.8. The summed E-state index contributed by atoms with van der Waals surface area (Å²) in [5.74, 6) is -2.29. The standard InChI is InChI=1S/C20H23NO6S/c1-11(2)21(13(4)22)9-14-6-5-7-15(8-14)18-12(3)17(27-10-16(23)24)19(28-18)20(25)26/h5-8,11H,9-10H2,1-4H3,(H,23,24)(H,25,26). The quantitative estimate of drug-likeness (QED) is 0.695. The van der Waals surface area contributed by atoms with Crippen LogP contribution in [-0.4, -0.2) is 45.6 Å². The Kier molecular flexibility index (Phi) is 6.80. The number of carbonyl (C=O) groups is 3. The summed E-state index contributed by atoms with van der Waals surface area (Å²) in [4.78, 5) is 36.6. The Labute approximate surface area is 167 Å². The van der Waals surface area contributed by atoms with Gasteiger partial charge >= 0.3 is 11.9 Å². The van der Waals surface area contributed by atoms with Crippen LogP contribution in [0.25, 0.3) is 10.4 Å². The zero-order valence-electron chi connectivity index (χ0n) is 16.2. The first-order valence-corrected chi connectivity index (χ1v) is 9.51. The number of nitrogens with zero attached hydrogens (tertiary/aromatic N) is 1. The monoisotopic (exact) mass is 405 g/mol. The van der Waals surface area contributed by atoms with E-state index in [1.54, 1.807) is 11.8 Å². The van der Waals surface area contributed by atoms with Gasteiger partial charge in [0, 0.05) is 30.0 Å². The largest absolute Gasteiger partial charge is 0.480 e. The van der Waals surface area contributed by atoms with Crippen LogP contribution in [-0.2, 0) is 16.1 Å². The van der Waals surface area contributed by atoms with Crippen LogP contribution in [0.2, 0.25) is 0 Å². The molecule has 0 saturated heterocycles. The number of aromatic carboxylic acids is 1. The van der Waals surface area contributed by atoms with E-state index in [4.69, 9.17) is 9.84 Å². The van der Waals surface area contributed by atoms with E-state index in [0.717, 1.165) is 22.5 Å². The smallest absolute Gasteiger partial charge is 0.349 e. The fourth-order valence-electron chi connectivity index (χ4n) is 2.89. The van der Waals surface area contributed by atoms with Gasteiger partial charge in [-0.25, -0.2) is 9.59 Å². The van der Waals surface area contributed by atoms with E-state index in [1.165, 1.54) is 6.92 Å². The number of carbonyl (C=O) groups excluding carboxylic acids is 1. The van der Waals surface area contributed by atoms with E-state index in [0.29, 0.717) is 17.0 Å². The molecule has 1 amide bonds. The second-order valence-corrected chi connectivity index (χ2v) is 7.66. The molecule has 0 aliphatic rings. The molecule has 0 unspecified atom stereocenters. The minimum atomic E-state index is -1.18. The SMILES string of the molecule is CC(=O)N(Cc1cccc(-c2sc(C(=O)O)c(OCC(=O)O)c2C)c1)C(C)C. The van der Waals surface area contributed by atoms with Crippen molar-refractivity contribution in [1.82, 2.24) is 4.90 Å². The molecule has 2 aromatic rings. The molecule has 2 rings (SSSR count). The fraction of sp³-hybridized carbons (Fsp3) is 0.350. The number of ether oxygens (including phenoxy) is 1. The molecule has 1 aromatic carbocycles. The number of rotatable bonds is 8. The molecule has 7 nitrogen and oxygen atoms in total. The first kappa shape index (κ1) is 21.4. The molecule has 150 valence electrons. The minimum absolute atomic E-state index is 0.0229. The molecule has 0 fully saturated rings. The van der Waals surface area contributed by atoms with Crippen molar-refractivity contribution in [3.05, 3.63) is 40.3 Å². The summed E-state index contributed by atoms with van der Waals surface area (Å²) in [6.07, 6.45) is 0. The first-order valence-electron chi connectivity index (χ1n) is 8.69. The number of amides is 1. The van der Waals surface area contributed by atoms with Gasteiger partial charge in [0.05, 0.1) is 0 Å². The molecule has 1 aromatic heterocycles. The van der Waals surface area contributed by atoms with Crippen molar-refractivity contribution in [3.8, 4) is 16.2 Å². The minimum Gasteiger partial charge on any atom is -0.480 e. The Morgan fingerprint density at radius 1 is 1.21 bits per heavy atom. The number of aliphatic carboxylic acids is 1. The van der Waals surface area contributed by atoms with Crippen LogP contribution in [0, 0.1) is 6.92 Å². The van der Waals surface area contributed by atoms with E-state index in [1.807, 2.05) is 38.1 Å². The van der Waals surface area contributed by atoms with Crippen molar-refractivity contribution >= 4 is 29.2 Å². The summed E-state index contributed by atoms with van der Waals surface area (Å²) in [5.41, 5.74) is 2.28. The summed E-state index contributed by atoms with van der Waals surface area (Å²) in [5, 5.41) is 18.3. The maximum absolute atomic E-state index is 11.8. The van der Waals surface area contributed by atoms with E-state index in [-0.39, 0.29) is 22.6 Å². The average Bonchev–Trinajstić information content (AvgIpc) is 2.94. The average molecular weight is 405 g/mol. The second-order valence-electron chi connectivity index (χ2n) is 6.64. The van der Waals surface area contributed by atoms with Crippen LogP contribution in [0.4, 0.5) is 0 Å². The van der Waals surface area contributed by atoms with E-state index in [2.05, 4.69) is 0 Å². The van der Waals surface area contributed by atoms with Crippen LogP contribution >= 0.6 is 11.3 Å². The Hall–Kier alpha value is -2.87. The molecule has 8 heteroatoms. The molecular weight excluding hydrogens is 382 g/mol. The van der Waals surface area contributed by atoms with Gasteiger partial charge in [-0.2, -0.15) is 0 Å². The van der Waals surface area contributed by atoms with Gasteiger partial charge in [0.1, 0.15) is 5.75 Å². The molecule has 0 radical (unpaired) electrons. The third-order valence-electron chi connectivity index (χ3n) is 4.20. The zero-order valence-corrected chi connectivity index (χ0v) is 17.0. The van der Waals surface area contributed by atoms with Gasteiger partial charge < -0.3 is 19.8 Å². The number of benzene rings is 1. The van der Waals surface area contributed by atoms with Crippen molar-refractivity contribution in [2.45, 2.75) is 40.3 Å². The number of hydrogen-bond donors (Lipinski definition) is 2. The Morgan fingerprint density at radius 3 is 2.43 bits per heavy atom. The summed E-state index contributed by atoms with van der Waals surface area (Å²) in [6.45, 7) is 6.95. The van der Waals surface area contributed by atoms with Crippen molar-refractivity contribution in [1.29, 1.82) is 0 Å². The maximum Gasteiger partial charge on any atom is 0.349 e. The van der Waals surface area contributed by atoms with Gasteiger partial charge in [0.15, 0.2) is 11.5 Å². The van der Waals surface area contributed by atoms with E-state index in [9.17, 15) is 19.5 Å². The number of carboxylic acid groups (broad SMARTS) is 2. The molecule has 0 aliphatic heterocycles. The summed E-state index contributed by atoms with van der Waals surface area (Å²) in [6, 6.07) is 7.57. The predicted molar refractivity (Wildman–Crippen MR) is 106 cm³/mol. The third-order valence-corrected chi connectivity index (χ3v) is 5.51. The highest BCUT2D eigenvalue weighted by atomic mass is 32.1. The summed E-state index contributed by atoms with van der Waals surface area (Å²) in [7, 11) is 0. The Balaban J connectivity index is 2.42. The normalized spacial score (nSPS) is 10.8. The Morgan fingerprint density at radius 2 is 1.89 bits per heavy atom. The molecule has 0 aliphatic carbocycles. The van der Waals surface area contributed by atoms with Gasteiger partial charge in [0.25, 0.3) is 0 Å². The number of hydrogen-bond acceptors (Lipinski definition) is 5. The third kappa shape index (κ3) is 4.89. The lowest BCUT2D eigenvalue weighted by Crippen LogP contribution is -2.34. The molecule has 2 N–H and O–H groups in total. The highest BCUT2D eigenvalue weighted by molar-refractivity contribution is 7.18. The summed E-state index contributed by atoms with van der Waals surface area (Å²) >= 11 is 1.04. The van der Waals surface area contributed by atoms with Gasteiger partial charge in [-0.15, -0.1) is 11.3 Å². The topological polar surface area (TPSA) is 104 Å². The van der Waals surface area contributed by atoms with Crippen molar-refractivity contribution in [3.63, 3.8) is 0 Å². The summed E-state index contributed by atoms with van der Waals surface area (Å²) < 4.78 is 5.23. The van der Waals surface area contributed by atoms with E-state index >= 15 is 0 Å². The molecule has 0 spiro atoms. The number of thiophene rings is 1. The van der Waals surface area contributed by atoms with Crippen LogP contribution < -0.4 is 4.74 Å². The lowest BCUT2D eigenvalue weighted by atomic mass is 10.1. The lowest BCUT2D eigenvalue weighted by Gasteiger charge is -2.25. The Bertz CT molecular complexity index is 902. The molecule has 0 atom stereocenters. The number of carboxylic acids is 2. The van der Waals surface area contributed by atoms with Crippen LogP contribution in [0.3, 0.4) is 0 Å². The van der Waals surface area contributed by atoms with Crippen molar-refractivity contribution < 1.29 is 29.3 Å². The van der Waals surface area contributed by atoms with Crippen LogP contribution in [0.1, 0.15) is 41.6 Å².